The first kappa shape index (κ1) is 12.8. The summed E-state index contributed by atoms with van der Waals surface area (Å²) in [6, 6.07) is 8.79. The van der Waals surface area contributed by atoms with E-state index in [1.807, 2.05) is 0 Å². The second-order valence-electron chi connectivity index (χ2n) is 4.90. The molecule has 2 atom stereocenters. The molecule has 1 aromatic carbocycles. The van der Waals surface area contributed by atoms with Crippen LogP contribution in [0.2, 0.25) is 0 Å². The van der Waals surface area contributed by atoms with Gasteiger partial charge in [0, 0.05) is 11.9 Å². The Morgan fingerprint density at radius 2 is 2.06 bits per heavy atom. The van der Waals surface area contributed by atoms with E-state index in [1.165, 1.54) is 36.3 Å². The number of nitrogens with zero attached hydrogens (tertiary/aromatic N) is 1. The van der Waals surface area contributed by atoms with E-state index in [4.69, 9.17) is 0 Å². The molecule has 0 amide bonds. The van der Waals surface area contributed by atoms with Gasteiger partial charge in [-0.15, -0.1) is 0 Å². The van der Waals surface area contributed by atoms with E-state index >= 15 is 0 Å². The van der Waals surface area contributed by atoms with Gasteiger partial charge in [0.2, 0.25) is 0 Å². The van der Waals surface area contributed by atoms with Gasteiger partial charge in [-0.25, -0.2) is 0 Å². The van der Waals surface area contributed by atoms with Crippen LogP contribution in [-0.2, 0) is 0 Å². The van der Waals surface area contributed by atoms with Crippen molar-refractivity contribution in [3.8, 4) is 0 Å². The molecule has 94 valence electrons. The molecule has 0 aliphatic carbocycles. The third-order valence-electron chi connectivity index (χ3n) is 3.73. The third-order valence-corrected chi connectivity index (χ3v) is 5.27. The second kappa shape index (κ2) is 5.81. The molecule has 0 spiro atoms. The number of fused-ring (bicyclic) bond motifs is 1. The molecule has 0 saturated carbocycles. The number of unbranched alkanes of at least 4 members (excludes halogenated alkanes) is 1. The molecule has 1 aliphatic heterocycles. The fraction of sp³-hybridized carbons (Fsp3) is 0.600. The summed E-state index contributed by atoms with van der Waals surface area (Å²) in [5, 5.41) is 0.643. The average molecular weight is 249 g/mol. The molecule has 1 aliphatic rings. The van der Waals surface area contributed by atoms with Crippen molar-refractivity contribution in [2.24, 2.45) is 5.92 Å². The average Bonchev–Trinajstić information content (AvgIpc) is 2.69. The van der Waals surface area contributed by atoms with Gasteiger partial charge in [0.1, 0.15) is 0 Å². The summed E-state index contributed by atoms with van der Waals surface area (Å²) in [4.78, 5) is 3.93. The number of para-hydroxylation sites is 1. The Balaban J connectivity index is 2.09. The Bertz CT molecular complexity index is 364. The normalized spacial score (nSPS) is 20.4. The van der Waals surface area contributed by atoms with Crippen LogP contribution in [0.15, 0.2) is 29.2 Å². The van der Waals surface area contributed by atoms with Gasteiger partial charge in [-0.05, 0) is 24.5 Å². The smallest absolute Gasteiger partial charge is 0.0822 e. The second-order valence-corrected chi connectivity index (χ2v) is 6.06. The molecule has 0 N–H and O–H groups in total. The van der Waals surface area contributed by atoms with Gasteiger partial charge in [-0.3, -0.25) is 0 Å². The van der Waals surface area contributed by atoms with Crippen LogP contribution in [0.25, 0.3) is 0 Å². The highest BCUT2D eigenvalue weighted by Crippen LogP contribution is 2.46. The number of thioether (sulfide) groups is 1. The number of anilines is 1. The molecule has 2 rings (SSSR count). The fourth-order valence-electron chi connectivity index (χ4n) is 2.62. The monoisotopic (exact) mass is 249 g/mol. The van der Waals surface area contributed by atoms with Gasteiger partial charge in [-0.1, -0.05) is 57.0 Å². The predicted molar refractivity (Wildman–Crippen MR) is 77.8 cm³/mol. The van der Waals surface area contributed by atoms with E-state index in [-0.39, 0.29) is 0 Å². The first-order valence-corrected chi connectivity index (χ1v) is 7.64. The summed E-state index contributed by atoms with van der Waals surface area (Å²) in [6.07, 6.45) is 5.32. The topological polar surface area (TPSA) is 3.24 Å². The molecule has 0 unspecified atom stereocenters. The Labute approximate surface area is 110 Å². The molecule has 1 aromatic rings. The lowest BCUT2D eigenvalue weighted by atomic mass is 9.98. The Kier molecular flexibility index (Phi) is 4.38. The summed E-state index contributed by atoms with van der Waals surface area (Å²) >= 11 is 2.05. The molecular weight excluding hydrogens is 226 g/mol. The van der Waals surface area contributed by atoms with Crippen molar-refractivity contribution in [3.63, 3.8) is 0 Å². The largest absolute Gasteiger partial charge is 0.361 e. The zero-order chi connectivity index (χ0) is 12.3. The van der Waals surface area contributed by atoms with Crippen molar-refractivity contribution >= 4 is 17.4 Å². The van der Waals surface area contributed by atoms with Crippen LogP contribution in [-0.4, -0.2) is 12.4 Å². The quantitative estimate of drug-likeness (QED) is 0.739. The van der Waals surface area contributed by atoms with E-state index < -0.39 is 0 Å². The van der Waals surface area contributed by atoms with Crippen LogP contribution < -0.4 is 4.90 Å². The summed E-state index contributed by atoms with van der Waals surface area (Å²) < 4.78 is 0. The minimum atomic E-state index is 0.643. The van der Waals surface area contributed by atoms with Crippen LogP contribution in [0, 0.1) is 5.92 Å². The maximum Gasteiger partial charge on any atom is 0.0822 e. The van der Waals surface area contributed by atoms with Gasteiger partial charge in [0.05, 0.1) is 11.1 Å². The van der Waals surface area contributed by atoms with E-state index in [2.05, 4.69) is 61.8 Å². The summed E-state index contributed by atoms with van der Waals surface area (Å²) in [5.41, 5.74) is 1.41. The molecule has 0 aromatic heterocycles. The van der Waals surface area contributed by atoms with Crippen LogP contribution in [0.5, 0.6) is 0 Å². The molecule has 0 radical (unpaired) electrons. The third kappa shape index (κ3) is 2.62. The molecular formula is C15H23NS. The highest BCUT2D eigenvalue weighted by Gasteiger charge is 2.31. The van der Waals surface area contributed by atoms with Gasteiger partial charge in [-0.2, -0.15) is 0 Å². The molecule has 2 heteroatoms. The van der Waals surface area contributed by atoms with E-state index in [1.54, 1.807) is 0 Å². The number of hydrogen-bond acceptors (Lipinski definition) is 2. The Morgan fingerprint density at radius 3 is 2.71 bits per heavy atom. The van der Waals surface area contributed by atoms with E-state index in [0.717, 1.165) is 5.92 Å². The first-order valence-electron chi connectivity index (χ1n) is 6.76. The maximum atomic E-state index is 2.48. The molecule has 0 fully saturated rings. The zero-order valence-corrected chi connectivity index (χ0v) is 12.0. The molecule has 1 nitrogen and oxygen atoms in total. The summed E-state index contributed by atoms with van der Waals surface area (Å²) in [6.45, 7) is 4.62. The fourth-order valence-corrected chi connectivity index (χ4v) is 4.16. The van der Waals surface area contributed by atoms with Crippen molar-refractivity contribution in [2.45, 2.75) is 49.8 Å². The van der Waals surface area contributed by atoms with Gasteiger partial charge in [0.15, 0.2) is 0 Å². The van der Waals surface area contributed by atoms with Gasteiger partial charge >= 0.3 is 0 Å². The minimum Gasteiger partial charge on any atom is -0.361 e. The highest BCUT2D eigenvalue weighted by molar-refractivity contribution is 8.00. The van der Waals surface area contributed by atoms with E-state index in [0.29, 0.717) is 5.37 Å². The molecule has 1 heterocycles. The van der Waals surface area contributed by atoms with Crippen LogP contribution in [0.1, 0.15) is 39.5 Å². The van der Waals surface area contributed by atoms with Gasteiger partial charge in [0.25, 0.3) is 0 Å². The van der Waals surface area contributed by atoms with E-state index in [9.17, 15) is 0 Å². The van der Waals surface area contributed by atoms with Crippen LogP contribution >= 0.6 is 11.8 Å². The highest BCUT2D eigenvalue weighted by atomic mass is 32.2. The molecule has 0 bridgehead atoms. The standard InChI is InChI=1S/C15H23NS/c1-4-6-9-12(5-2)15-16(3)13-10-7-8-11-14(13)17-15/h7-8,10-12,15H,4-6,9H2,1-3H3/t12-,15+/m0/s1. The van der Waals surface area contributed by atoms with Crippen molar-refractivity contribution < 1.29 is 0 Å². The van der Waals surface area contributed by atoms with Crippen molar-refractivity contribution in [3.05, 3.63) is 24.3 Å². The first-order chi connectivity index (χ1) is 8.27. The lowest BCUT2D eigenvalue weighted by molar-refractivity contribution is 0.434. The lowest BCUT2D eigenvalue weighted by Gasteiger charge is -2.29. The SMILES string of the molecule is CCCC[C@H](CC)[C@H]1Sc2ccccc2N1C. The molecule has 0 saturated heterocycles. The van der Waals surface area contributed by atoms with Gasteiger partial charge < -0.3 is 4.90 Å². The predicted octanol–water partition coefficient (Wildman–Crippen LogP) is 4.77. The lowest BCUT2D eigenvalue weighted by Crippen LogP contribution is -2.31. The van der Waals surface area contributed by atoms with Crippen molar-refractivity contribution in [1.29, 1.82) is 0 Å². The number of hydrogen-bond donors (Lipinski definition) is 0. The van der Waals surface area contributed by atoms with Crippen molar-refractivity contribution in [1.82, 2.24) is 0 Å². The summed E-state index contributed by atoms with van der Waals surface area (Å²) in [5.74, 6) is 0.817. The Hall–Kier alpha value is -0.630. The molecule has 17 heavy (non-hydrogen) atoms. The Morgan fingerprint density at radius 1 is 1.29 bits per heavy atom. The zero-order valence-electron chi connectivity index (χ0n) is 11.1. The maximum absolute atomic E-state index is 2.48. The van der Waals surface area contributed by atoms with Crippen molar-refractivity contribution in [2.75, 3.05) is 11.9 Å². The summed E-state index contributed by atoms with van der Waals surface area (Å²) in [7, 11) is 2.25. The van der Waals surface area contributed by atoms with Crippen LogP contribution in [0.3, 0.4) is 0 Å². The number of benzene rings is 1. The number of rotatable bonds is 5. The van der Waals surface area contributed by atoms with Crippen LogP contribution in [0.4, 0.5) is 5.69 Å². The minimum absolute atomic E-state index is 0.643.